The second kappa shape index (κ2) is 5.53. The highest BCUT2D eigenvalue weighted by atomic mass is 16.2. The predicted molar refractivity (Wildman–Crippen MR) is 72.9 cm³/mol. The fraction of sp³-hybridized carbons (Fsp3) is 0.533. The first kappa shape index (κ1) is 13.1. The summed E-state index contributed by atoms with van der Waals surface area (Å²) in [6, 6.07) is 10.0. The molecular weight excluding hydrogens is 224 g/mol. The number of carbonyl (C=O) groups is 1. The van der Waals surface area contributed by atoms with Crippen LogP contribution in [0.2, 0.25) is 0 Å². The van der Waals surface area contributed by atoms with E-state index in [0.717, 1.165) is 18.7 Å². The minimum Gasteiger partial charge on any atom is -0.342 e. The van der Waals surface area contributed by atoms with E-state index in [2.05, 4.69) is 13.8 Å². The van der Waals surface area contributed by atoms with Crippen molar-refractivity contribution in [1.82, 2.24) is 4.90 Å². The standard InChI is InChI=1S/C15H22N2O/c1-11(2)9-17-10-13(8-14(17)18)15(16)12-6-4-3-5-7-12/h3-7,11,13,15H,8-10,16H2,1-2H3. The first-order valence-corrected chi connectivity index (χ1v) is 6.66. The molecule has 1 aromatic rings. The van der Waals surface area contributed by atoms with Crippen LogP contribution in [-0.4, -0.2) is 23.9 Å². The van der Waals surface area contributed by atoms with E-state index >= 15 is 0 Å². The molecule has 0 spiro atoms. The topological polar surface area (TPSA) is 46.3 Å². The van der Waals surface area contributed by atoms with Crippen molar-refractivity contribution in [2.45, 2.75) is 26.3 Å². The van der Waals surface area contributed by atoms with Gasteiger partial charge in [0.2, 0.25) is 5.91 Å². The fourth-order valence-corrected chi connectivity index (χ4v) is 2.61. The first-order valence-electron chi connectivity index (χ1n) is 6.66. The first-order chi connectivity index (χ1) is 8.58. The van der Waals surface area contributed by atoms with Gasteiger partial charge in [-0.3, -0.25) is 4.79 Å². The third kappa shape index (κ3) is 2.91. The van der Waals surface area contributed by atoms with Crippen LogP contribution in [0.4, 0.5) is 0 Å². The highest BCUT2D eigenvalue weighted by molar-refractivity contribution is 5.78. The lowest BCUT2D eigenvalue weighted by Gasteiger charge is -2.21. The lowest BCUT2D eigenvalue weighted by Crippen LogP contribution is -2.30. The normalized spacial score (nSPS) is 21.7. The van der Waals surface area contributed by atoms with Gasteiger partial charge in [-0.2, -0.15) is 0 Å². The van der Waals surface area contributed by atoms with Crippen molar-refractivity contribution in [1.29, 1.82) is 0 Å². The summed E-state index contributed by atoms with van der Waals surface area (Å²) in [7, 11) is 0. The van der Waals surface area contributed by atoms with E-state index in [1.807, 2.05) is 35.2 Å². The van der Waals surface area contributed by atoms with E-state index in [-0.39, 0.29) is 17.9 Å². The Balaban J connectivity index is 2.02. The maximum absolute atomic E-state index is 11.9. The number of benzene rings is 1. The Labute approximate surface area is 109 Å². The van der Waals surface area contributed by atoms with Crippen molar-refractivity contribution < 1.29 is 4.79 Å². The number of hydrogen-bond donors (Lipinski definition) is 1. The number of nitrogens with two attached hydrogens (primary N) is 1. The molecule has 2 unspecified atom stereocenters. The molecule has 2 rings (SSSR count). The van der Waals surface area contributed by atoms with Gasteiger partial charge in [-0.15, -0.1) is 0 Å². The summed E-state index contributed by atoms with van der Waals surface area (Å²) in [6.07, 6.45) is 0.586. The number of amides is 1. The molecule has 3 heteroatoms. The molecule has 2 N–H and O–H groups in total. The maximum atomic E-state index is 11.9. The van der Waals surface area contributed by atoms with Gasteiger partial charge in [-0.05, 0) is 11.5 Å². The van der Waals surface area contributed by atoms with Crippen molar-refractivity contribution >= 4 is 5.91 Å². The van der Waals surface area contributed by atoms with Crippen molar-refractivity contribution in [3.8, 4) is 0 Å². The molecule has 1 amide bonds. The van der Waals surface area contributed by atoms with Gasteiger partial charge in [0.25, 0.3) is 0 Å². The van der Waals surface area contributed by atoms with Crippen LogP contribution in [0.1, 0.15) is 31.9 Å². The number of carbonyl (C=O) groups excluding carboxylic acids is 1. The van der Waals surface area contributed by atoms with Crippen molar-refractivity contribution in [2.75, 3.05) is 13.1 Å². The maximum Gasteiger partial charge on any atom is 0.223 e. The highest BCUT2D eigenvalue weighted by Gasteiger charge is 2.33. The summed E-state index contributed by atoms with van der Waals surface area (Å²) >= 11 is 0. The summed E-state index contributed by atoms with van der Waals surface area (Å²) in [6.45, 7) is 5.92. The smallest absolute Gasteiger partial charge is 0.223 e. The van der Waals surface area contributed by atoms with Gasteiger partial charge >= 0.3 is 0 Å². The summed E-state index contributed by atoms with van der Waals surface area (Å²) < 4.78 is 0. The van der Waals surface area contributed by atoms with Gasteiger partial charge < -0.3 is 10.6 Å². The zero-order valence-corrected chi connectivity index (χ0v) is 11.2. The number of nitrogens with zero attached hydrogens (tertiary/aromatic N) is 1. The van der Waals surface area contributed by atoms with Crippen LogP contribution in [0.15, 0.2) is 30.3 Å². The third-order valence-electron chi connectivity index (χ3n) is 3.52. The quantitative estimate of drug-likeness (QED) is 0.885. The van der Waals surface area contributed by atoms with E-state index in [1.54, 1.807) is 0 Å². The molecule has 0 saturated carbocycles. The van der Waals surface area contributed by atoms with E-state index in [1.165, 1.54) is 0 Å². The van der Waals surface area contributed by atoms with Gasteiger partial charge in [0.05, 0.1) is 0 Å². The number of hydrogen-bond acceptors (Lipinski definition) is 2. The minimum atomic E-state index is -0.0349. The molecule has 1 fully saturated rings. The Morgan fingerprint density at radius 1 is 1.33 bits per heavy atom. The van der Waals surface area contributed by atoms with Crippen molar-refractivity contribution in [3.05, 3.63) is 35.9 Å². The largest absolute Gasteiger partial charge is 0.342 e. The Hall–Kier alpha value is -1.35. The molecule has 0 radical (unpaired) electrons. The second-order valence-corrected chi connectivity index (χ2v) is 5.59. The molecule has 0 bridgehead atoms. The van der Waals surface area contributed by atoms with Gasteiger partial charge in [0.15, 0.2) is 0 Å². The molecule has 1 aliphatic rings. The van der Waals surface area contributed by atoms with Gasteiger partial charge in [0.1, 0.15) is 0 Å². The number of likely N-dealkylation sites (tertiary alicyclic amines) is 1. The molecule has 0 aliphatic carbocycles. The van der Waals surface area contributed by atoms with Crippen LogP contribution in [0.3, 0.4) is 0 Å². The lowest BCUT2D eigenvalue weighted by molar-refractivity contribution is -0.128. The monoisotopic (exact) mass is 246 g/mol. The van der Waals surface area contributed by atoms with Crippen LogP contribution in [0.25, 0.3) is 0 Å². The molecule has 1 aromatic carbocycles. The van der Waals surface area contributed by atoms with Gasteiger partial charge in [-0.1, -0.05) is 44.2 Å². The molecule has 1 saturated heterocycles. The average molecular weight is 246 g/mol. The average Bonchev–Trinajstić information content (AvgIpc) is 2.70. The SMILES string of the molecule is CC(C)CN1CC(C(N)c2ccccc2)CC1=O. The Bertz CT molecular complexity index is 402. The van der Waals surface area contributed by atoms with Crippen molar-refractivity contribution in [2.24, 2.45) is 17.6 Å². The highest BCUT2D eigenvalue weighted by Crippen LogP contribution is 2.29. The van der Waals surface area contributed by atoms with Crippen LogP contribution < -0.4 is 5.73 Å². The van der Waals surface area contributed by atoms with Gasteiger partial charge in [0, 0.05) is 31.5 Å². The van der Waals surface area contributed by atoms with E-state index in [9.17, 15) is 4.79 Å². The van der Waals surface area contributed by atoms with E-state index in [4.69, 9.17) is 5.73 Å². The van der Waals surface area contributed by atoms with Crippen LogP contribution in [0.5, 0.6) is 0 Å². The molecule has 18 heavy (non-hydrogen) atoms. The summed E-state index contributed by atoms with van der Waals surface area (Å²) in [5.41, 5.74) is 7.40. The summed E-state index contributed by atoms with van der Waals surface area (Å²) in [4.78, 5) is 13.9. The molecule has 98 valence electrons. The molecule has 1 aliphatic heterocycles. The Morgan fingerprint density at radius 3 is 2.61 bits per heavy atom. The van der Waals surface area contributed by atoms with Gasteiger partial charge in [-0.25, -0.2) is 0 Å². The third-order valence-corrected chi connectivity index (χ3v) is 3.52. The Kier molecular flexibility index (Phi) is 4.02. The molecule has 2 atom stereocenters. The predicted octanol–water partition coefficient (Wildman–Crippen LogP) is 2.19. The van der Waals surface area contributed by atoms with E-state index < -0.39 is 0 Å². The fourth-order valence-electron chi connectivity index (χ4n) is 2.61. The molecule has 3 nitrogen and oxygen atoms in total. The summed E-state index contributed by atoms with van der Waals surface area (Å²) in [5, 5.41) is 0. The lowest BCUT2D eigenvalue weighted by atomic mass is 9.93. The molecule has 1 heterocycles. The van der Waals surface area contributed by atoms with Crippen LogP contribution in [-0.2, 0) is 4.79 Å². The van der Waals surface area contributed by atoms with E-state index in [0.29, 0.717) is 12.3 Å². The second-order valence-electron chi connectivity index (χ2n) is 5.59. The van der Waals surface area contributed by atoms with Crippen LogP contribution in [0, 0.1) is 11.8 Å². The van der Waals surface area contributed by atoms with Crippen LogP contribution >= 0.6 is 0 Å². The van der Waals surface area contributed by atoms with Crippen molar-refractivity contribution in [3.63, 3.8) is 0 Å². The minimum absolute atomic E-state index is 0.0349. The molecular formula is C15H22N2O. The summed E-state index contributed by atoms with van der Waals surface area (Å²) in [5.74, 6) is 1.01. The zero-order chi connectivity index (χ0) is 13.1. The number of rotatable bonds is 4. The molecule has 0 aromatic heterocycles. The zero-order valence-electron chi connectivity index (χ0n) is 11.2. The Morgan fingerprint density at radius 2 is 2.00 bits per heavy atom.